The molecule has 5 N–H and O–H groups in total. The number of aromatic amines is 1. The SMILES string of the molecule is Cc1cc(Br)ccc1Nc1nc(NN)nc2[nH]ncc12. The highest BCUT2D eigenvalue weighted by Crippen LogP contribution is 2.27. The van der Waals surface area contributed by atoms with E-state index in [1.165, 1.54) is 0 Å². The van der Waals surface area contributed by atoms with E-state index in [2.05, 4.69) is 46.8 Å². The molecule has 0 radical (unpaired) electrons. The number of nitrogens with one attached hydrogen (secondary N) is 3. The average molecular weight is 334 g/mol. The Morgan fingerprint density at radius 3 is 2.90 bits per heavy atom. The normalized spacial score (nSPS) is 10.8. The summed E-state index contributed by atoms with van der Waals surface area (Å²) in [5, 5.41) is 10.8. The average Bonchev–Trinajstić information content (AvgIpc) is 2.90. The molecule has 0 aliphatic heterocycles. The fraction of sp³-hybridized carbons (Fsp3) is 0.0833. The number of H-pyrrole nitrogens is 1. The maximum absolute atomic E-state index is 5.38. The van der Waals surface area contributed by atoms with Crippen LogP contribution in [0.3, 0.4) is 0 Å². The fourth-order valence-corrected chi connectivity index (χ4v) is 2.37. The number of fused-ring (bicyclic) bond motifs is 1. The van der Waals surface area contributed by atoms with Crippen molar-refractivity contribution >= 4 is 44.4 Å². The number of rotatable bonds is 3. The molecule has 102 valence electrons. The number of hydrogen-bond acceptors (Lipinski definition) is 6. The van der Waals surface area contributed by atoms with Crippen molar-refractivity contribution in [3.05, 3.63) is 34.4 Å². The Labute approximate surface area is 123 Å². The summed E-state index contributed by atoms with van der Waals surface area (Å²) in [5.41, 5.74) is 5.11. The van der Waals surface area contributed by atoms with Gasteiger partial charge < -0.3 is 5.32 Å². The molecule has 0 saturated carbocycles. The van der Waals surface area contributed by atoms with Crippen LogP contribution in [-0.4, -0.2) is 20.2 Å². The monoisotopic (exact) mass is 333 g/mol. The molecular weight excluding hydrogens is 322 g/mol. The highest BCUT2D eigenvalue weighted by Gasteiger charge is 2.10. The molecule has 0 unspecified atom stereocenters. The van der Waals surface area contributed by atoms with Crippen molar-refractivity contribution in [3.63, 3.8) is 0 Å². The third-order valence-electron chi connectivity index (χ3n) is 2.88. The Morgan fingerprint density at radius 1 is 1.30 bits per heavy atom. The number of nitrogens with zero attached hydrogens (tertiary/aromatic N) is 3. The predicted molar refractivity (Wildman–Crippen MR) is 81.7 cm³/mol. The third-order valence-corrected chi connectivity index (χ3v) is 3.37. The second-order valence-corrected chi connectivity index (χ2v) is 5.17. The van der Waals surface area contributed by atoms with Gasteiger partial charge >= 0.3 is 0 Å². The van der Waals surface area contributed by atoms with Crippen LogP contribution in [0.5, 0.6) is 0 Å². The van der Waals surface area contributed by atoms with Gasteiger partial charge in [-0.1, -0.05) is 15.9 Å². The zero-order valence-corrected chi connectivity index (χ0v) is 12.2. The summed E-state index contributed by atoms with van der Waals surface area (Å²) in [7, 11) is 0. The molecule has 3 rings (SSSR count). The van der Waals surface area contributed by atoms with E-state index in [1.54, 1.807) is 6.20 Å². The van der Waals surface area contributed by atoms with Gasteiger partial charge in [0, 0.05) is 10.2 Å². The summed E-state index contributed by atoms with van der Waals surface area (Å²) in [5.74, 6) is 6.34. The number of nitrogen functional groups attached to an aromatic ring is 1. The lowest BCUT2D eigenvalue weighted by atomic mass is 10.2. The number of halogens is 1. The molecule has 2 aromatic heterocycles. The summed E-state index contributed by atoms with van der Waals surface area (Å²) in [4.78, 5) is 8.50. The Hall–Kier alpha value is -2.19. The van der Waals surface area contributed by atoms with E-state index in [0.29, 0.717) is 17.4 Å². The van der Waals surface area contributed by atoms with E-state index < -0.39 is 0 Å². The highest BCUT2D eigenvalue weighted by atomic mass is 79.9. The number of anilines is 3. The summed E-state index contributed by atoms with van der Waals surface area (Å²) in [6.07, 6.45) is 1.67. The maximum Gasteiger partial charge on any atom is 0.241 e. The van der Waals surface area contributed by atoms with Gasteiger partial charge in [-0.15, -0.1) is 0 Å². The third kappa shape index (κ3) is 2.30. The van der Waals surface area contributed by atoms with Crippen LogP contribution in [0.15, 0.2) is 28.9 Å². The molecule has 0 aliphatic carbocycles. The second kappa shape index (κ2) is 5.06. The molecule has 8 heteroatoms. The lowest BCUT2D eigenvalue weighted by Crippen LogP contribution is -2.11. The smallest absolute Gasteiger partial charge is 0.241 e. The van der Waals surface area contributed by atoms with Gasteiger partial charge in [0.25, 0.3) is 0 Å². The first kappa shape index (κ1) is 12.8. The van der Waals surface area contributed by atoms with Gasteiger partial charge in [0.05, 0.1) is 11.6 Å². The van der Waals surface area contributed by atoms with E-state index in [4.69, 9.17) is 5.84 Å². The van der Waals surface area contributed by atoms with Crippen LogP contribution < -0.4 is 16.6 Å². The van der Waals surface area contributed by atoms with Crippen molar-refractivity contribution in [3.8, 4) is 0 Å². The first-order valence-electron chi connectivity index (χ1n) is 5.88. The summed E-state index contributed by atoms with van der Waals surface area (Å²) in [6, 6.07) is 5.96. The zero-order valence-electron chi connectivity index (χ0n) is 10.6. The van der Waals surface area contributed by atoms with Crippen molar-refractivity contribution in [1.29, 1.82) is 0 Å². The molecule has 1 aromatic carbocycles. The van der Waals surface area contributed by atoms with Crippen LogP contribution in [0.25, 0.3) is 11.0 Å². The van der Waals surface area contributed by atoms with Crippen LogP contribution in [-0.2, 0) is 0 Å². The molecule has 0 aliphatic rings. The molecule has 20 heavy (non-hydrogen) atoms. The highest BCUT2D eigenvalue weighted by molar-refractivity contribution is 9.10. The van der Waals surface area contributed by atoms with Crippen LogP contribution in [0.4, 0.5) is 17.5 Å². The lowest BCUT2D eigenvalue weighted by Gasteiger charge is -2.10. The molecule has 0 spiro atoms. The lowest BCUT2D eigenvalue weighted by molar-refractivity contribution is 1.08. The second-order valence-electron chi connectivity index (χ2n) is 4.26. The first-order chi connectivity index (χ1) is 9.67. The van der Waals surface area contributed by atoms with Gasteiger partial charge in [0.1, 0.15) is 5.82 Å². The standard InChI is InChI=1S/C12H12BrN7/c1-6-4-7(13)2-3-9(6)16-10-8-5-15-20-11(8)18-12(17-10)19-14/h2-5H,14H2,1H3,(H3,15,16,17,18,19,20). The van der Waals surface area contributed by atoms with E-state index >= 15 is 0 Å². The van der Waals surface area contributed by atoms with Crippen molar-refractivity contribution in [2.24, 2.45) is 5.84 Å². The van der Waals surface area contributed by atoms with Gasteiger partial charge in [0.15, 0.2) is 5.65 Å². The minimum atomic E-state index is 0.319. The van der Waals surface area contributed by atoms with Crippen molar-refractivity contribution in [2.75, 3.05) is 10.7 Å². The minimum absolute atomic E-state index is 0.319. The van der Waals surface area contributed by atoms with E-state index in [1.807, 2.05) is 25.1 Å². The van der Waals surface area contributed by atoms with Crippen molar-refractivity contribution in [2.45, 2.75) is 6.92 Å². The number of benzene rings is 1. The number of hydrazine groups is 1. The number of aromatic nitrogens is 4. The van der Waals surface area contributed by atoms with Gasteiger partial charge in [0.2, 0.25) is 5.95 Å². The Morgan fingerprint density at radius 2 is 2.15 bits per heavy atom. The predicted octanol–water partition coefficient (Wildman–Crippen LogP) is 2.45. The van der Waals surface area contributed by atoms with Crippen LogP contribution in [0, 0.1) is 6.92 Å². The minimum Gasteiger partial charge on any atom is -0.339 e. The topological polar surface area (TPSA) is 105 Å². The summed E-state index contributed by atoms with van der Waals surface area (Å²) >= 11 is 3.44. The zero-order chi connectivity index (χ0) is 14.1. The molecule has 2 heterocycles. The largest absolute Gasteiger partial charge is 0.339 e. The Bertz CT molecular complexity index is 768. The number of hydrogen-bond donors (Lipinski definition) is 4. The molecule has 0 amide bonds. The molecule has 7 nitrogen and oxygen atoms in total. The molecular formula is C12H12BrN7. The first-order valence-corrected chi connectivity index (χ1v) is 6.67. The fourth-order valence-electron chi connectivity index (χ4n) is 1.89. The van der Waals surface area contributed by atoms with Crippen LogP contribution >= 0.6 is 15.9 Å². The molecule has 0 saturated heterocycles. The van der Waals surface area contributed by atoms with Crippen LogP contribution in [0.2, 0.25) is 0 Å². The van der Waals surface area contributed by atoms with Gasteiger partial charge in [-0.3, -0.25) is 10.5 Å². The maximum atomic E-state index is 5.38. The molecule has 0 fully saturated rings. The van der Waals surface area contributed by atoms with Gasteiger partial charge in [-0.25, -0.2) is 5.84 Å². The van der Waals surface area contributed by atoms with Crippen LogP contribution in [0.1, 0.15) is 5.56 Å². The van der Waals surface area contributed by atoms with Crippen molar-refractivity contribution in [1.82, 2.24) is 20.2 Å². The Kier molecular flexibility index (Phi) is 3.25. The van der Waals surface area contributed by atoms with E-state index in [9.17, 15) is 0 Å². The molecule has 0 atom stereocenters. The number of nitrogens with two attached hydrogens (primary N) is 1. The quantitative estimate of drug-likeness (QED) is 0.433. The van der Waals surface area contributed by atoms with E-state index in [0.717, 1.165) is 21.1 Å². The van der Waals surface area contributed by atoms with E-state index in [-0.39, 0.29) is 0 Å². The Balaban J connectivity index is 2.07. The van der Waals surface area contributed by atoms with Gasteiger partial charge in [-0.05, 0) is 30.7 Å². The number of aryl methyl sites for hydroxylation is 1. The van der Waals surface area contributed by atoms with Gasteiger partial charge in [-0.2, -0.15) is 15.1 Å². The summed E-state index contributed by atoms with van der Waals surface area (Å²) in [6.45, 7) is 2.02. The summed E-state index contributed by atoms with van der Waals surface area (Å²) < 4.78 is 1.03. The van der Waals surface area contributed by atoms with Crippen molar-refractivity contribution < 1.29 is 0 Å². The molecule has 0 bridgehead atoms. The molecule has 3 aromatic rings.